The Morgan fingerprint density at radius 3 is 2.65 bits per heavy atom. The van der Waals surface area contributed by atoms with Crippen molar-refractivity contribution in [3.63, 3.8) is 0 Å². The van der Waals surface area contributed by atoms with Crippen LogP contribution in [0.5, 0.6) is 0 Å². The Kier molecular flexibility index (Phi) is 7.80. The fraction of sp³-hybridized carbons (Fsp3) is 0.600. The van der Waals surface area contributed by atoms with Crippen LogP contribution in [0.1, 0.15) is 36.8 Å². The molecule has 0 spiro atoms. The van der Waals surface area contributed by atoms with E-state index >= 15 is 0 Å². The number of nitrogens with zero attached hydrogens (tertiary/aromatic N) is 1. The number of ether oxygens (including phenoxy) is 1. The number of alkyl halides is 1. The normalized spacial score (nSPS) is 10.7. The van der Waals surface area contributed by atoms with Crippen LogP contribution in [0.2, 0.25) is 0 Å². The van der Waals surface area contributed by atoms with Gasteiger partial charge in [-0.1, -0.05) is 25.0 Å². The molecule has 5 heteroatoms. The molecule has 1 aromatic rings. The first-order valence-electron chi connectivity index (χ1n) is 7.02. The Morgan fingerprint density at radius 2 is 1.95 bits per heavy atom. The van der Waals surface area contributed by atoms with Crippen LogP contribution in [0.3, 0.4) is 0 Å². The lowest BCUT2D eigenvalue weighted by atomic mass is 10.0. The summed E-state index contributed by atoms with van der Waals surface area (Å²) in [5, 5.41) is 10.8. The highest BCUT2D eigenvalue weighted by molar-refractivity contribution is 5.42. The third-order valence-corrected chi connectivity index (χ3v) is 3.20. The summed E-state index contributed by atoms with van der Waals surface area (Å²) in [6, 6.07) is 5.42. The van der Waals surface area contributed by atoms with Crippen molar-refractivity contribution >= 4 is 5.69 Å². The summed E-state index contributed by atoms with van der Waals surface area (Å²) >= 11 is 0. The lowest BCUT2D eigenvalue weighted by Crippen LogP contribution is -1.98. The smallest absolute Gasteiger partial charge is 0.272 e. The molecule has 0 atom stereocenters. The zero-order valence-electron chi connectivity index (χ0n) is 11.9. The van der Waals surface area contributed by atoms with E-state index in [1.54, 1.807) is 19.1 Å². The number of benzene rings is 1. The van der Waals surface area contributed by atoms with Crippen LogP contribution in [0.4, 0.5) is 10.1 Å². The van der Waals surface area contributed by atoms with Gasteiger partial charge in [-0.3, -0.25) is 10.1 Å². The van der Waals surface area contributed by atoms with E-state index in [1.807, 2.05) is 6.07 Å². The fourth-order valence-electron chi connectivity index (χ4n) is 2.05. The predicted molar refractivity (Wildman–Crippen MR) is 76.8 cm³/mol. The summed E-state index contributed by atoms with van der Waals surface area (Å²) < 4.78 is 16.8. The lowest BCUT2D eigenvalue weighted by molar-refractivity contribution is -0.385. The maximum Gasteiger partial charge on any atom is 0.272 e. The molecule has 0 bridgehead atoms. The molecule has 0 amide bonds. The molecular formula is C15H22FNO3. The number of hydrogen-bond donors (Lipinski definition) is 0. The number of halogens is 1. The monoisotopic (exact) mass is 283 g/mol. The van der Waals surface area contributed by atoms with Gasteiger partial charge >= 0.3 is 0 Å². The van der Waals surface area contributed by atoms with Crippen molar-refractivity contribution < 1.29 is 14.1 Å². The van der Waals surface area contributed by atoms with Crippen LogP contribution in [0.15, 0.2) is 18.2 Å². The molecule has 0 aliphatic rings. The van der Waals surface area contributed by atoms with Crippen molar-refractivity contribution in [2.24, 2.45) is 0 Å². The van der Waals surface area contributed by atoms with Crippen LogP contribution in [-0.2, 0) is 11.2 Å². The molecule has 0 N–H and O–H groups in total. The third-order valence-electron chi connectivity index (χ3n) is 3.20. The van der Waals surface area contributed by atoms with Crippen molar-refractivity contribution in [2.45, 2.75) is 39.0 Å². The first kappa shape index (κ1) is 16.6. The van der Waals surface area contributed by atoms with Crippen molar-refractivity contribution in [2.75, 3.05) is 19.9 Å². The van der Waals surface area contributed by atoms with Gasteiger partial charge in [0.1, 0.15) is 6.67 Å². The average Bonchev–Trinajstić information content (AvgIpc) is 2.43. The summed E-state index contributed by atoms with van der Waals surface area (Å²) in [6.07, 6.45) is 4.89. The highest BCUT2D eigenvalue weighted by atomic mass is 19.1. The maximum absolute atomic E-state index is 11.8. The second-order valence-corrected chi connectivity index (χ2v) is 4.84. The van der Waals surface area contributed by atoms with Crippen molar-refractivity contribution in [1.82, 2.24) is 0 Å². The van der Waals surface area contributed by atoms with E-state index in [-0.39, 0.29) is 17.2 Å². The standard InChI is InChI=1S/C15H22FNO3/c1-13-7-8-14(12-15(13)17(18)19)6-4-2-3-5-10-20-11-9-16/h7-8,12H,2-6,9-11H2,1H3. The van der Waals surface area contributed by atoms with Crippen LogP contribution < -0.4 is 0 Å². The summed E-state index contributed by atoms with van der Waals surface area (Å²) in [4.78, 5) is 10.5. The number of nitro benzene ring substituents is 1. The van der Waals surface area contributed by atoms with Crippen molar-refractivity contribution in [3.8, 4) is 0 Å². The third kappa shape index (κ3) is 6.10. The van der Waals surface area contributed by atoms with Gasteiger partial charge in [0, 0.05) is 18.2 Å². The zero-order chi connectivity index (χ0) is 14.8. The van der Waals surface area contributed by atoms with Crippen LogP contribution in [0.25, 0.3) is 0 Å². The summed E-state index contributed by atoms with van der Waals surface area (Å²) in [5.74, 6) is 0. The van der Waals surface area contributed by atoms with E-state index in [0.717, 1.165) is 37.7 Å². The summed E-state index contributed by atoms with van der Waals surface area (Å²) in [7, 11) is 0. The van der Waals surface area contributed by atoms with E-state index in [1.165, 1.54) is 0 Å². The molecule has 0 heterocycles. The average molecular weight is 283 g/mol. The summed E-state index contributed by atoms with van der Waals surface area (Å²) in [6.45, 7) is 2.12. The van der Waals surface area contributed by atoms with Gasteiger partial charge in [0.15, 0.2) is 0 Å². The van der Waals surface area contributed by atoms with Crippen LogP contribution in [0, 0.1) is 17.0 Å². The lowest BCUT2D eigenvalue weighted by Gasteiger charge is -2.04. The molecule has 0 aromatic heterocycles. The fourth-order valence-corrected chi connectivity index (χ4v) is 2.05. The molecule has 0 aliphatic heterocycles. The number of unbranched alkanes of at least 4 members (excludes halogenated alkanes) is 3. The highest BCUT2D eigenvalue weighted by Gasteiger charge is 2.10. The number of rotatable bonds is 10. The maximum atomic E-state index is 11.8. The second kappa shape index (κ2) is 9.42. The predicted octanol–water partition coefficient (Wildman–Crippen LogP) is 3.99. The molecule has 0 unspecified atom stereocenters. The molecular weight excluding hydrogens is 261 g/mol. The van der Waals surface area contributed by atoms with Gasteiger partial charge in [-0.05, 0) is 31.7 Å². The molecule has 4 nitrogen and oxygen atoms in total. The first-order valence-corrected chi connectivity index (χ1v) is 7.02. The Bertz CT molecular complexity index is 424. The van der Waals surface area contributed by atoms with E-state index in [4.69, 9.17) is 4.74 Å². The molecule has 1 aromatic carbocycles. The topological polar surface area (TPSA) is 52.4 Å². The van der Waals surface area contributed by atoms with E-state index in [2.05, 4.69) is 0 Å². The van der Waals surface area contributed by atoms with Gasteiger partial charge < -0.3 is 4.74 Å². The Balaban J connectivity index is 2.22. The molecule has 0 fully saturated rings. The van der Waals surface area contributed by atoms with Gasteiger partial charge in [0.25, 0.3) is 5.69 Å². The first-order chi connectivity index (χ1) is 9.65. The van der Waals surface area contributed by atoms with E-state index < -0.39 is 6.67 Å². The van der Waals surface area contributed by atoms with Gasteiger partial charge in [0.2, 0.25) is 0 Å². The Morgan fingerprint density at radius 1 is 1.20 bits per heavy atom. The van der Waals surface area contributed by atoms with Gasteiger partial charge in [-0.2, -0.15) is 0 Å². The SMILES string of the molecule is Cc1ccc(CCCCCCOCCF)cc1[N+](=O)[O-]. The summed E-state index contributed by atoms with van der Waals surface area (Å²) in [5.41, 5.74) is 1.90. The van der Waals surface area contributed by atoms with E-state index in [9.17, 15) is 14.5 Å². The number of hydrogen-bond acceptors (Lipinski definition) is 3. The molecule has 0 saturated carbocycles. The number of aryl methyl sites for hydroxylation is 2. The minimum atomic E-state index is -0.424. The van der Waals surface area contributed by atoms with Crippen molar-refractivity contribution in [1.29, 1.82) is 0 Å². The molecule has 20 heavy (non-hydrogen) atoms. The minimum absolute atomic E-state index is 0.188. The van der Waals surface area contributed by atoms with Gasteiger partial charge in [-0.15, -0.1) is 0 Å². The number of nitro groups is 1. The molecule has 1 rings (SSSR count). The molecule has 0 aliphatic carbocycles. The van der Waals surface area contributed by atoms with Crippen LogP contribution in [-0.4, -0.2) is 24.8 Å². The quantitative estimate of drug-likeness (QED) is 0.370. The zero-order valence-corrected chi connectivity index (χ0v) is 11.9. The van der Waals surface area contributed by atoms with Crippen LogP contribution >= 0.6 is 0 Å². The van der Waals surface area contributed by atoms with Gasteiger partial charge in [0.05, 0.1) is 11.5 Å². The minimum Gasteiger partial charge on any atom is -0.379 e. The molecule has 0 saturated heterocycles. The van der Waals surface area contributed by atoms with Crippen molar-refractivity contribution in [3.05, 3.63) is 39.4 Å². The molecule has 0 radical (unpaired) electrons. The van der Waals surface area contributed by atoms with Gasteiger partial charge in [-0.25, -0.2) is 4.39 Å². The largest absolute Gasteiger partial charge is 0.379 e. The van der Waals surface area contributed by atoms with E-state index in [0.29, 0.717) is 12.2 Å². The Hall–Kier alpha value is -1.49. The molecule has 112 valence electrons. The highest BCUT2D eigenvalue weighted by Crippen LogP contribution is 2.20. The Labute approximate surface area is 119 Å². The second-order valence-electron chi connectivity index (χ2n) is 4.84.